The van der Waals surface area contributed by atoms with Gasteiger partial charge in [0.05, 0.1) is 19.4 Å². The minimum atomic E-state index is -1.68. The maximum absolute atomic E-state index is 12.6. The maximum Gasteiger partial charge on any atom is 0.326 e. The number of aliphatic carboxylic acids is 2. The van der Waals surface area contributed by atoms with E-state index in [0.29, 0.717) is 5.69 Å². The zero-order valence-electron chi connectivity index (χ0n) is 16.0. The van der Waals surface area contributed by atoms with Crippen molar-refractivity contribution < 1.29 is 39.3 Å². The van der Waals surface area contributed by atoms with Crippen molar-refractivity contribution in [2.24, 2.45) is 5.73 Å². The number of nitrogens with zero attached hydrogens (tertiary/aromatic N) is 1. The highest BCUT2D eigenvalue weighted by Crippen LogP contribution is 2.01. The van der Waals surface area contributed by atoms with Crippen molar-refractivity contribution in [2.45, 2.75) is 43.9 Å². The lowest BCUT2D eigenvalue weighted by molar-refractivity contribution is -0.147. The van der Waals surface area contributed by atoms with Crippen molar-refractivity contribution in [1.82, 2.24) is 25.9 Å². The van der Waals surface area contributed by atoms with Crippen molar-refractivity contribution in [2.75, 3.05) is 6.61 Å². The van der Waals surface area contributed by atoms with Gasteiger partial charge in [0.15, 0.2) is 0 Å². The molecule has 0 bridgehead atoms. The average molecular weight is 428 g/mol. The number of carboxylic acids is 2. The fraction of sp³-hybridized carbons (Fsp3) is 0.500. The molecule has 3 amide bonds. The van der Waals surface area contributed by atoms with Gasteiger partial charge in [-0.1, -0.05) is 0 Å². The molecule has 4 atom stereocenters. The summed E-state index contributed by atoms with van der Waals surface area (Å²) in [5.41, 5.74) is 5.91. The van der Waals surface area contributed by atoms with Crippen LogP contribution in [0.2, 0.25) is 0 Å². The predicted octanol–water partition coefficient (Wildman–Crippen LogP) is -3.69. The summed E-state index contributed by atoms with van der Waals surface area (Å²) in [5, 5.41) is 33.3. The van der Waals surface area contributed by atoms with Gasteiger partial charge in [0.2, 0.25) is 17.7 Å². The van der Waals surface area contributed by atoms with E-state index in [-0.39, 0.29) is 6.42 Å². The quantitative estimate of drug-likeness (QED) is 0.162. The summed E-state index contributed by atoms with van der Waals surface area (Å²) in [6, 6.07) is -5.39. The standard InChI is InChI=1S/C16H24N6O8/c1-7(13(26)22-11(16(29)30)3-12(24)25)20-15(28)10(2-8-4-18-6-19-8)21-14(27)9(17)5-23/h4,6-7,9-11,23H,2-3,5,17H2,1H3,(H,18,19)(H,20,28)(H,21,27)(H,22,26)(H,24,25)(H,29,30). The minimum Gasteiger partial charge on any atom is -0.481 e. The number of aromatic nitrogens is 2. The molecule has 4 unspecified atom stereocenters. The van der Waals surface area contributed by atoms with E-state index in [0.717, 1.165) is 0 Å². The summed E-state index contributed by atoms with van der Waals surface area (Å²) in [6.45, 7) is 0.602. The van der Waals surface area contributed by atoms with Crippen LogP contribution in [0.1, 0.15) is 19.0 Å². The van der Waals surface area contributed by atoms with E-state index in [9.17, 15) is 24.0 Å². The summed E-state index contributed by atoms with van der Waals surface area (Å²) < 4.78 is 0. The smallest absolute Gasteiger partial charge is 0.326 e. The van der Waals surface area contributed by atoms with E-state index >= 15 is 0 Å². The molecule has 0 fully saturated rings. The molecule has 0 saturated carbocycles. The van der Waals surface area contributed by atoms with Crippen LogP contribution >= 0.6 is 0 Å². The number of hydrogen-bond donors (Lipinski definition) is 8. The first kappa shape index (κ1) is 24.5. The van der Waals surface area contributed by atoms with Gasteiger partial charge < -0.3 is 42.0 Å². The van der Waals surface area contributed by atoms with Crippen molar-refractivity contribution in [3.05, 3.63) is 18.2 Å². The topological polar surface area (TPSA) is 237 Å². The summed E-state index contributed by atoms with van der Waals surface area (Å²) in [6.07, 6.45) is 1.88. The second kappa shape index (κ2) is 11.5. The molecule has 1 aromatic rings. The van der Waals surface area contributed by atoms with E-state index in [4.69, 9.17) is 21.1 Å². The number of carboxylic acid groups (broad SMARTS) is 2. The van der Waals surface area contributed by atoms with Gasteiger partial charge in [-0.2, -0.15) is 0 Å². The SMILES string of the molecule is CC(NC(=O)C(Cc1cnc[nH]1)NC(=O)C(N)CO)C(=O)NC(CC(=O)O)C(=O)O. The molecule has 0 aliphatic carbocycles. The van der Waals surface area contributed by atoms with Crippen molar-refractivity contribution in [1.29, 1.82) is 0 Å². The van der Waals surface area contributed by atoms with E-state index < -0.39 is 66.9 Å². The molecule has 9 N–H and O–H groups in total. The Morgan fingerprint density at radius 2 is 1.70 bits per heavy atom. The van der Waals surface area contributed by atoms with Crippen LogP contribution in [0.5, 0.6) is 0 Å². The first-order chi connectivity index (χ1) is 14.0. The number of carbonyl (C=O) groups excluding carboxylic acids is 3. The lowest BCUT2D eigenvalue weighted by atomic mass is 10.1. The number of carbonyl (C=O) groups is 5. The highest BCUT2D eigenvalue weighted by molar-refractivity contribution is 5.94. The molecule has 0 aromatic carbocycles. The zero-order chi connectivity index (χ0) is 22.8. The average Bonchev–Trinajstić information content (AvgIpc) is 3.18. The predicted molar refractivity (Wildman–Crippen MR) is 98.7 cm³/mol. The third-order valence-electron chi connectivity index (χ3n) is 3.89. The van der Waals surface area contributed by atoms with Crippen LogP contribution in [-0.2, 0) is 30.4 Å². The third-order valence-corrected chi connectivity index (χ3v) is 3.89. The van der Waals surface area contributed by atoms with Gasteiger partial charge in [-0.15, -0.1) is 0 Å². The summed E-state index contributed by atoms with van der Waals surface area (Å²) in [7, 11) is 0. The van der Waals surface area contributed by atoms with Gasteiger partial charge in [-0.25, -0.2) is 9.78 Å². The number of rotatable bonds is 12. The molecule has 166 valence electrons. The number of H-pyrrole nitrogens is 1. The number of amides is 3. The van der Waals surface area contributed by atoms with Gasteiger partial charge in [-0.05, 0) is 6.92 Å². The highest BCUT2D eigenvalue weighted by Gasteiger charge is 2.29. The molecule has 0 aliphatic heterocycles. The molecule has 30 heavy (non-hydrogen) atoms. The van der Waals surface area contributed by atoms with Crippen LogP contribution < -0.4 is 21.7 Å². The molecular weight excluding hydrogens is 404 g/mol. The maximum atomic E-state index is 12.6. The number of aliphatic hydroxyl groups excluding tert-OH is 1. The summed E-state index contributed by atoms with van der Waals surface area (Å²) >= 11 is 0. The first-order valence-corrected chi connectivity index (χ1v) is 8.74. The van der Waals surface area contributed by atoms with E-state index in [1.165, 1.54) is 19.4 Å². The molecule has 0 spiro atoms. The summed E-state index contributed by atoms with van der Waals surface area (Å²) in [5.74, 6) is -5.51. The van der Waals surface area contributed by atoms with Gasteiger partial charge in [0, 0.05) is 18.3 Å². The molecule has 1 rings (SSSR count). The lowest BCUT2D eigenvalue weighted by Crippen LogP contribution is -2.57. The number of nitrogens with one attached hydrogen (secondary N) is 4. The Kier molecular flexibility index (Phi) is 9.38. The Morgan fingerprint density at radius 1 is 1.07 bits per heavy atom. The molecule has 0 saturated heterocycles. The normalized spacial score (nSPS) is 14.6. The zero-order valence-corrected chi connectivity index (χ0v) is 16.0. The Morgan fingerprint density at radius 3 is 2.20 bits per heavy atom. The fourth-order valence-corrected chi connectivity index (χ4v) is 2.24. The molecule has 1 aromatic heterocycles. The lowest BCUT2D eigenvalue weighted by Gasteiger charge is -2.22. The summed E-state index contributed by atoms with van der Waals surface area (Å²) in [4.78, 5) is 65.0. The van der Waals surface area contributed by atoms with Gasteiger partial charge in [-0.3, -0.25) is 19.2 Å². The van der Waals surface area contributed by atoms with Crippen molar-refractivity contribution in [3.8, 4) is 0 Å². The number of hydrogen-bond acceptors (Lipinski definition) is 8. The molecule has 14 heteroatoms. The van der Waals surface area contributed by atoms with Crippen molar-refractivity contribution >= 4 is 29.7 Å². The number of imidazole rings is 1. The molecule has 1 heterocycles. The Labute approximate surface area is 170 Å². The van der Waals surface area contributed by atoms with E-state index in [1.54, 1.807) is 0 Å². The van der Waals surface area contributed by atoms with Gasteiger partial charge >= 0.3 is 11.9 Å². The molecule has 14 nitrogen and oxygen atoms in total. The van der Waals surface area contributed by atoms with Gasteiger partial charge in [0.1, 0.15) is 24.2 Å². The molecule has 0 aliphatic rings. The van der Waals surface area contributed by atoms with Crippen LogP contribution in [0.15, 0.2) is 12.5 Å². The minimum absolute atomic E-state index is 0.0408. The van der Waals surface area contributed by atoms with E-state index in [1.807, 2.05) is 5.32 Å². The third kappa shape index (κ3) is 7.84. The largest absolute Gasteiger partial charge is 0.481 e. The number of nitrogens with two attached hydrogens (primary N) is 1. The second-order valence-corrected chi connectivity index (χ2v) is 6.36. The number of aliphatic hydroxyl groups is 1. The molecule has 0 radical (unpaired) electrons. The number of aromatic amines is 1. The van der Waals surface area contributed by atoms with Gasteiger partial charge in [0.25, 0.3) is 0 Å². The van der Waals surface area contributed by atoms with Crippen LogP contribution in [0.3, 0.4) is 0 Å². The Hall–Kier alpha value is -3.52. The van der Waals surface area contributed by atoms with E-state index in [2.05, 4.69) is 20.6 Å². The monoisotopic (exact) mass is 428 g/mol. The van der Waals surface area contributed by atoms with Crippen LogP contribution in [0, 0.1) is 0 Å². The highest BCUT2D eigenvalue weighted by atomic mass is 16.4. The van der Waals surface area contributed by atoms with Crippen LogP contribution in [0.25, 0.3) is 0 Å². The van der Waals surface area contributed by atoms with Crippen LogP contribution in [-0.4, -0.2) is 85.7 Å². The second-order valence-electron chi connectivity index (χ2n) is 6.36. The molecular formula is C16H24N6O8. The fourth-order valence-electron chi connectivity index (χ4n) is 2.24. The first-order valence-electron chi connectivity index (χ1n) is 8.74. The van der Waals surface area contributed by atoms with Crippen LogP contribution in [0.4, 0.5) is 0 Å². The Balaban J connectivity index is 2.82. The van der Waals surface area contributed by atoms with Crippen molar-refractivity contribution in [3.63, 3.8) is 0 Å². The Bertz CT molecular complexity index is 768.